The molecular weight excluding hydrogens is 237 g/mol. The van der Waals surface area contributed by atoms with E-state index in [9.17, 15) is 14.3 Å². The smallest absolute Gasteiger partial charge is 0.221 e. The molecule has 98 valence electrons. The van der Waals surface area contributed by atoms with E-state index in [0.717, 1.165) is 6.42 Å². The molecule has 0 atom stereocenters. The minimum Gasteiger partial charge on any atom is -0.494 e. The van der Waals surface area contributed by atoms with Crippen molar-refractivity contribution < 1.29 is 19.0 Å². The van der Waals surface area contributed by atoms with Crippen molar-refractivity contribution in [1.82, 2.24) is 0 Å². The van der Waals surface area contributed by atoms with Crippen molar-refractivity contribution in [3.8, 4) is 5.75 Å². The third-order valence-electron chi connectivity index (χ3n) is 3.28. The summed E-state index contributed by atoms with van der Waals surface area (Å²) in [6.45, 7) is 1.34. The topological polar surface area (TPSA) is 58.6 Å². The van der Waals surface area contributed by atoms with Gasteiger partial charge < -0.3 is 15.2 Å². The molecule has 1 fully saturated rings. The average Bonchev–Trinajstić information content (AvgIpc) is 2.25. The van der Waals surface area contributed by atoms with Crippen LogP contribution in [-0.2, 0) is 10.4 Å². The molecule has 0 spiro atoms. The monoisotopic (exact) mass is 253 g/mol. The van der Waals surface area contributed by atoms with E-state index >= 15 is 0 Å². The van der Waals surface area contributed by atoms with Gasteiger partial charge in [-0.1, -0.05) is 0 Å². The summed E-state index contributed by atoms with van der Waals surface area (Å²) in [5, 5.41) is 12.9. The van der Waals surface area contributed by atoms with Crippen LogP contribution in [0.4, 0.5) is 10.1 Å². The second kappa shape index (κ2) is 4.57. The molecule has 1 amide bonds. The van der Waals surface area contributed by atoms with Gasteiger partial charge in [0.2, 0.25) is 5.91 Å². The highest BCUT2D eigenvalue weighted by Crippen LogP contribution is 2.45. The van der Waals surface area contributed by atoms with E-state index in [2.05, 4.69) is 5.32 Å². The molecule has 0 bridgehead atoms. The lowest BCUT2D eigenvalue weighted by molar-refractivity contribution is -0.114. The van der Waals surface area contributed by atoms with Crippen LogP contribution in [0.2, 0.25) is 0 Å². The summed E-state index contributed by atoms with van der Waals surface area (Å²) in [6, 6.07) is 2.64. The van der Waals surface area contributed by atoms with Gasteiger partial charge in [-0.25, -0.2) is 4.39 Å². The standard InChI is InChI=1S/C13H16FNO3/c1-8(16)15-11-7-10(14)12(18-2)6-9(11)13(17)4-3-5-13/h6-7,17H,3-5H2,1-2H3,(H,15,16). The van der Waals surface area contributed by atoms with Crippen molar-refractivity contribution in [3.05, 3.63) is 23.5 Å². The van der Waals surface area contributed by atoms with Gasteiger partial charge in [0.15, 0.2) is 11.6 Å². The molecule has 0 aliphatic heterocycles. The largest absolute Gasteiger partial charge is 0.494 e. The first kappa shape index (κ1) is 12.8. The molecule has 5 heteroatoms. The van der Waals surface area contributed by atoms with Crippen LogP contribution in [-0.4, -0.2) is 18.1 Å². The lowest BCUT2D eigenvalue weighted by Crippen LogP contribution is -2.34. The normalized spacial score (nSPS) is 16.9. The van der Waals surface area contributed by atoms with Crippen LogP contribution in [0.15, 0.2) is 12.1 Å². The highest BCUT2D eigenvalue weighted by Gasteiger charge is 2.39. The van der Waals surface area contributed by atoms with Crippen LogP contribution >= 0.6 is 0 Å². The highest BCUT2D eigenvalue weighted by atomic mass is 19.1. The van der Waals surface area contributed by atoms with E-state index < -0.39 is 11.4 Å². The predicted octanol–water partition coefficient (Wildman–Crippen LogP) is 2.16. The number of hydrogen-bond acceptors (Lipinski definition) is 3. The number of halogens is 1. The fourth-order valence-corrected chi connectivity index (χ4v) is 2.17. The number of rotatable bonds is 3. The number of carbonyl (C=O) groups excluding carboxylic acids is 1. The Hall–Kier alpha value is -1.62. The maximum atomic E-state index is 13.6. The van der Waals surface area contributed by atoms with Gasteiger partial charge in [0.25, 0.3) is 0 Å². The highest BCUT2D eigenvalue weighted by molar-refractivity contribution is 5.90. The number of benzene rings is 1. The Labute approximate surface area is 105 Å². The van der Waals surface area contributed by atoms with Gasteiger partial charge >= 0.3 is 0 Å². The molecule has 1 aromatic rings. The van der Waals surface area contributed by atoms with E-state index in [1.54, 1.807) is 0 Å². The third kappa shape index (κ3) is 2.18. The first-order chi connectivity index (χ1) is 8.46. The van der Waals surface area contributed by atoms with E-state index in [0.29, 0.717) is 24.1 Å². The molecular formula is C13H16FNO3. The number of methoxy groups -OCH3 is 1. The Balaban J connectivity index is 2.49. The molecule has 4 nitrogen and oxygen atoms in total. The zero-order chi connectivity index (χ0) is 13.3. The second-order valence-electron chi connectivity index (χ2n) is 4.60. The van der Waals surface area contributed by atoms with Gasteiger partial charge in [0, 0.05) is 24.2 Å². The fraction of sp³-hybridized carbons (Fsp3) is 0.462. The Kier molecular flexibility index (Phi) is 3.26. The molecule has 0 radical (unpaired) electrons. The summed E-state index contributed by atoms with van der Waals surface area (Å²) in [5.74, 6) is -0.795. The molecule has 0 saturated heterocycles. The summed E-state index contributed by atoms with van der Waals surface area (Å²) in [4.78, 5) is 11.1. The van der Waals surface area contributed by atoms with E-state index in [-0.39, 0.29) is 11.7 Å². The van der Waals surface area contributed by atoms with Crippen molar-refractivity contribution in [2.75, 3.05) is 12.4 Å². The third-order valence-corrected chi connectivity index (χ3v) is 3.28. The van der Waals surface area contributed by atoms with Crippen LogP contribution < -0.4 is 10.1 Å². The summed E-state index contributed by atoms with van der Waals surface area (Å²) >= 11 is 0. The van der Waals surface area contributed by atoms with Gasteiger partial charge in [-0.05, 0) is 25.3 Å². The summed E-state index contributed by atoms with van der Waals surface area (Å²) in [5.41, 5.74) is -0.163. The molecule has 0 unspecified atom stereocenters. The number of aliphatic hydroxyl groups is 1. The molecule has 2 rings (SSSR count). The SMILES string of the molecule is COc1cc(C2(O)CCC2)c(NC(C)=O)cc1F. The first-order valence-electron chi connectivity index (χ1n) is 5.84. The Morgan fingerprint density at radius 2 is 2.17 bits per heavy atom. The van der Waals surface area contributed by atoms with Gasteiger partial charge in [0.05, 0.1) is 12.7 Å². The Bertz CT molecular complexity index is 483. The van der Waals surface area contributed by atoms with Gasteiger partial charge in [0.1, 0.15) is 0 Å². The van der Waals surface area contributed by atoms with Crippen LogP contribution in [0.3, 0.4) is 0 Å². The molecule has 1 aromatic carbocycles. The second-order valence-corrected chi connectivity index (χ2v) is 4.60. The van der Waals surface area contributed by atoms with Crippen molar-refractivity contribution in [3.63, 3.8) is 0 Å². The summed E-state index contributed by atoms with van der Waals surface area (Å²) < 4.78 is 18.5. The lowest BCUT2D eigenvalue weighted by Gasteiger charge is -2.38. The van der Waals surface area contributed by atoms with E-state index in [4.69, 9.17) is 4.74 Å². The number of carbonyl (C=O) groups is 1. The molecule has 1 saturated carbocycles. The van der Waals surface area contributed by atoms with Crippen LogP contribution in [0, 0.1) is 5.82 Å². The minimum absolute atomic E-state index is 0.0689. The number of amides is 1. The average molecular weight is 253 g/mol. The molecule has 1 aliphatic rings. The maximum absolute atomic E-state index is 13.6. The number of anilines is 1. The van der Waals surface area contributed by atoms with E-state index in [1.807, 2.05) is 0 Å². The van der Waals surface area contributed by atoms with Crippen LogP contribution in [0.25, 0.3) is 0 Å². The lowest BCUT2D eigenvalue weighted by atomic mass is 9.74. The van der Waals surface area contributed by atoms with Gasteiger partial charge in [-0.15, -0.1) is 0 Å². The van der Waals surface area contributed by atoms with Gasteiger partial charge in [-0.2, -0.15) is 0 Å². The predicted molar refractivity (Wildman–Crippen MR) is 65.0 cm³/mol. The summed E-state index contributed by atoms with van der Waals surface area (Å²) in [6.07, 6.45) is 2.12. The molecule has 2 N–H and O–H groups in total. The van der Waals surface area contributed by atoms with Crippen molar-refractivity contribution in [2.24, 2.45) is 0 Å². The van der Waals surface area contributed by atoms with Crippen LogP contribution in [0.1, 0.15) is 31.7 Å². The quantitative estimate of drug-likeness (QED) is 0.867. The Morgan fingerprint density at radius 3 is 2.61 bits per heavy atom. The molecule has 1 aliphatic carbocycles. The molecule has 0 heterocycles. The number of hydrogen-bond donors (Lipinski definition) is 2. The minimum atomic E-state index is -0.987. The zero-order valence-electron chi connectivity index (χ0n) is 10.4. The number of nitrogens with one attached hydrogen (secondary N) is 1. The first-order valence-corrected chi connectivity index (χ1v) is 5.84. The fourth-order valence-electron chi connectivity index (χ4n) is 2.17. The zero-order valence-corrected chi connectivity index (χ0v) is 10.4. The van der Waals surface area contributed by atoms with Crippen molar-refractivity contribution in [1.29, 1.82) is 0 Å². The van der Waals surface area contributed by atoms with E-state index in [1.165, 1.54) is 26.2 Å². The van der Waals surface area contributed by atoms with Crippen molar-refractivity contribution >= 4 is 11.6 Å². The van der Waals surface area contributed by atoms with Gasteiger partial charge in [-0.3, -0.25) is 4.79 Å². The maximum Gasteiger partial charge on any atom is 0.221 e. The molecule has 0 aromatic heterocycles. The Morgan fingerprint density at radius 1 is 1.50 bits per heavy atom. The summed E-state index contributed by atoms with van der Waals surface area (Å²) in [7, 11) is 1.37. The molecule has 18 heavy (non-hydrogen) atoms. The number of ether oxygens (including phenoxy) is 1. The van der Waals surface area contributed by atoms with Crippen molar-refractivity contribution in [2.45, 2.75) is 31.8 Å². The van der Waals surface area contributed by atoms with Crippen LogP contribution in [0.5, 0.6) is 5.75 Å².